The van der Waals surface area contributed by atoms with Gasteiger partial charge < -0.3 is 5.11 Å². The Morgan fingerprint density at radius 2 is 1.41 bits per heavy atom. The van der Waals surface area contributed by atoms with Crippen molar-refractivity contribution in [3.05, 3.63) is 11.7 Å². The molecule has 0 aliphatic heterocycles. The molecule has 0 saturated carbocycles. The van der Waals surface area contributed by atoms with E-state index in [1.165, 1.54) is 25.7 Å². The Morgan fingerprint density at radius 3 is 1.82 bits per heavy atom. The molecule has 0 radical (unpaired) electrons. The second kappa shape index (κ2) is 10.2. The lowest BCUT2D eigenvalue weighted by molar-refractivity contribution is -0.133. The molecule has 0 spiro atoms. The summed E-state index contributed by atoms with van der Waals surface area (Å²) in [5.74, 6) is -1.49. The second-order valence-corrected chi connectivity index (χ2v) is 4.27. The highest BCUT2D eigenvalue weighted by atomic mass is 19.3. The summed E-state index contributed by atoms with van der Waals surface area (Å²) in [5.41, 5.74) is -0.726. The van der Waals surface area contributed by atoms with Crippen LogP contribution in [0.2, 0.25) is 0 Å². The summed E-state index contributed by atoms with van der Waals surface area (Å²) in [6.07, 6.45) is 6.29. The third-order valence-electron chi connectivity index (χ3n) is 2.77. The number of rotatable bonds is 10. The van der Waals surface area contributed by atoms with Gasteiger partial charge in [0.1, 0.15) is 5.57 Å². The lowest BCUT2D eigenvalue weighted by Gasteiger charge is -2.02. The molecule has 4 heteroatoms. The zero-order valence-corrected chi connectivity index (χ0v) is 10.5. The van der Waals surface area contributed by atoms with Crippen molar-refractivity contribution in [2.24, 2.45) is 0 Å². The highest BCUT2D eigenvalue weighted by Crippen LogP contribution is 2.17. The first-order valence-electron chi connectivity index (χ1n) is 6.37. The standard InChI is InChI=1S/C13H22F2O2/c1-2-3-4-5-6-7-8-9-10-11(12(14)15)13(16)17/h2-10H2,1H3,(H,16,17). The van der Waals surface area contributed by atoms with Crippen molar-refractivity contribution in [3.8, 4) is 0 Å². The Morgan fingerprint density at radius 1 is 0.941 bits per heavy atom. The van der Waals surface area contributed by atoms with Crippen molar-refractivity contribution in [2.75, 3.05) is 0 Å². The summed E-state index contributed by atoms with van der Waals surface area (Å²) in [6.45, 7) is 2.16. The normalized spacial score (nSPS) is 10.3. The number of hydrogen-bond donors (Lipinski definition) is 1. The van der Waals surface area contributed by atoms with Gasteiger partial charge in [-0.2, -0.15) is 8.78 Å². The molecule has 0 rings (SSSR count). The van der Waals surface area contributed by atoms with Gasteiger partial charge in [0.15, 0.2) is 0 Å². The molecule has 0 aromatic rings. The molecule has 0 heterocycles. The van der Waals surface area contributed by atoms with E-state index in [1.807, 2.05) is 0 Å². The zero-order valence-electron chi connectivity index (χ0n) is 10.5. The monoisotopic (exact) mass is 248 g/mol. The number of halogens is 2. The average Bonchev–Trinajstić information content (AvgIpc) is 2.26. The first-order valence-corrected chi connectivity index (χ1v) is 6.37. The highest BCUT2D eigenvalue weighted by Gasteiger charge is 2.13. The van der Waals surface area contributed by atoms with Gasteiger partial charge in [0.2, 0.25) is 0 Å². The van der Waals surface area contributed by atoms with Crippen LogP contribution < -0.4 is 0 Å². The van der Waals surface area contributed by atoms with Gasteiger partial charge in [-0.15, -0.1) is 0 Å². The molecule has 0 fully saturated rings. The molecule has 0 aromatic heterocycles. The summed E-state index contributed by atoms with van der Waals surface area (Å²) < 4.78 is 24.3. The van der Waals surface area contributed by atoms with E-state index >= 15 is 0 Å². The van der Waals surface area contributed by atoms with Crippen LogP contribution in [0, 0.1) is 0 Å². The lowest BCUT2D eigenvalue weighted by Crippen LogP contribution is -2.01. The van der Waals surface area contributed by atoms with Crippen LogP contribution in [-0.2, 0) is 4.79 Å². The molecule has 100 valence electrons. The fourth-order valence-electron chi connectivity index (χ4n) is 1.72. The van der Waals surface area contributed by atoms with Crippen LogP contribution in [0.4, 0.5) is 8.78 Å². The molecule has 0 aliphatic carbocycles. The molecule has 0 unspecified atom stereocenters. The molecule has 0 saturated heterocycles. The van der Waals surface area contributed by atoms with E-state index in [-0.39, 0.29) is 6.42 Å². The fourth-order valence-corrected chi connectivity index (χ4v) is 1.72. The average molecular weight is 248 g/mol. The largest absolute Gasteiger partial charge is 0.478 e. The van der Waals surface area contributed by atoms with Gasteiger partial charge in [0, 0.05) is 0 Å². The highest BCUT2D eigenvalue weighted by molar-refractivity contribution is 5.86. The third-order valence-corrected chi connectivity index (χ3v) is 2.77. The molecule has 1 N–H and O–H groups in total. The molecule has 2 nitrogen and oxygen atoms in total. The third kappa shape index (κ3) is 8.83. The van der Waals surface area contributed by atoms with Gasteiger partial charge in [-0.1, -0.05) is 51.9 Å². The van der Waals surface area contributed by atoms with Crippen LogP contribution in [-0.4, -0.2) is 11.1 Å². The van der Waals surface area contributed by atoms with Crippen LogP contribution in [0.1, 0.15) is 64.7 Å². The van der Waals surface area contributed by atoms with E-state index < -0.39 is 17.6 Å². The summed E-state index contributed by atoms with van der Waals surface area (Å²) >= 11 is 0. The maximum absolute atomic E-state index is 12.2. The minimum absolute atomic E-state index is 0.0212. The Bertz CT molecular complexity index is 246. The zero-order chi connectivity index (χ0) is 13.1. The van der Waals surface area contributed by atoms with E-state index in [9.17, 15) is 13.6 Å². The van der Waals surface area contributed by atoms with Gasteiger partial charge in [0.05, 0.1) is 0 Å². The lowest BCUT2D eigenvalue weighted by atomic mass is 10.0. The van der Waals surface area contributed by atoms with E-state index in [2.05, 4.69) is 6.92 Å². The number of carboxylic acids is 1. The van der Waals surface area contributed by atoms with Gasteiger partial charge in [-0.25, -0.2) is 4.79 Å². The first kappa shape index (κ1) is 16.1. The molecule has 0 amide bonds. The van der Waals surface area contributed by atoms with E-state index in [4.69, 9.17) is 5.11 Å². The van der Waals surface area contributed by atoms with Crippen LogP contribution in [0.15, 0.2) is 11.7 Å². The smallest absolute Gasteiger partial charge is 0.337 e. The molecular formula is C13H22F2O2. The Labute approximate surface area is 102 Å². The van der Waals surface area contributed by atoms with Crippen molar-refractivity contribution in [2.45, 2.75) is 64.7 Å². The Hall–Kier alpha value is -0.930. The number of hydrogen-bond acceptors (Lipinski definition) is 1. The van der Waals surface area contributed by atoms with Crippen LogP contribution in [0.25, 0.3) is 0 Å². The predicted octanol–water partition coefficient (Wildman–Crippen LogP) is 4.75. The molecule has 0 bridgehead atoms. The van der Waals surface area contributed by atoms with Gasteiger partial charge in [-0.05, 0) is 12.8 Å². The van der Waals surface area contributed by atoms with Crippen molar-refractivity contribution in [1.29, 1.82) is 0 Å². The molecule has 0 aliphatic rings. The van der Waals surface area contributed by atoms with Crippen molar-refractivity contribution < 1.29 is 18.7 Å². The number of unbranched alkanes of at least 4 members (excludes halogenated alkanes) is 7. The number of carboxylic acid groups (broad SMARTS) is 1. The predicted molar refractivity (Wildman–Crippen MR) is 64.1 cm³/mol. The van der Waals surface area contributed by atoms with Crippen LogP contribution >= 0.6 is 0 Å². The quantitative estimate of drug-likeness (QED) is 0.447. The second-order valence-electron chi connectivity index (χ2n) is 4.27. The molecular weight excluding hydrogens is 226 g/mol. The molecule has 17 heavy (non-hydrogen) atoms. The Kier molecular flexibility index (Phi) is 9.68. The fraction of sp³-hybridized carbons (Fsp3) is 0.769. The van der Waals surface area contributed by atoms with Crippen LogP contribution in [0.5, 0.6) is 0 Å². The minimum atomic E-state index is -2.06. The summed E-state index contributed by atoms with van der Waals surface area (Å²) in [4.78, 5) is 10.4. The summed E-state index contributed by atoms with van der Waals surface area (Å²) in [6, 6.07) is 0. The number of carbonyl (C=O) groups is 1. The van der Waals surface area contributed by atoms with Crippen molar-refractivity contribution in [3.63, 3.8) is 0 Å². The van der Waals surface area contributed by atoms with E-state index in [1.54, 1.807) is 0 Å². The summed E-state index contributed by atoms with van der Waals surface area (Å²) in [7, 11) is 0. The molecule has 0 aromatic carbocycles. The summed E-state index contributed by atoms with van der Waals surface area (Å²) in [5, 5.41) is 8.51. The van der Waals surface area contributed by atoms with E-state index in [0.29, 0.717) is 6.42 Å². The van der Waals surface area contributed by atoms with E-state index in [0.717, 1.165) is 19.3 Å². The van der Waals surface area contributed by atoms with Crippen molar-refractivity contribution in [1.82, 2.24) is 0 Å². The topological polar surface area (TPSA) is 37.3 Å². The van der Waals surface area contributed by atoms with Gasteiger partial charge >= 0.3 is 5.97 Å². The first-order chi connectivity index (χ1) is 8.09. The number of aliphatic carboxylic acids is 1. The van der Waals surface area contributed by atoms with Gasteiger partial charge in [0.25, 0.3) is 6.08 Å². The van der Waals surface area contributed by atoms with Crippen LogP contribution in [0.3, 0.4) is 0 Å². The van der Waals surface area contributed by atoms with Gasteiger partial charge in [-0.3, -0.25) is 0 Å². The van der Waals surface area contributed by atoms with Crippen molar-refractivity contribution >= 4 is 5.97 Å². The molecule has 0 atom stereocenters. The Balaban J connectivity index is 3.51. The maximum atomic E-state index is 12.2. The SMILES string of the molecule is CCCCCCCCCCC(C(=O)O)=C(F)F. The maximum Gasteiger partial charge on any atom is 0.337 e. The minimum Gasteiger partial charge on any atom is -0.478 e.